The van der Waals surface area contributed by atoms with E-state index in [-0.39, 0.29) is 5.97 Å². The molecular weight excluding hydrogens is 238 g/mol. The molecule has 2 rings (SSSR count). The van der Waals surface area contributed by atoms with Crippen molar-refractivity contribution in [3.05, 3.63) is 59.8 Å². The molecule has 1 aromatic carbocycles. The van der Waals surface area contributed by atoms with Crippen LogP contribution in [0.2, 0.25) is 0 Å². The van der Waals surface area contributed by atoms with E-state index < -0.39 is 0 Å². The Morgan fingerprint density at radius 2 is 2.11 bits per heavy atom. The monoisotopic (exact) mass is 253 g/mol. The number of benzene rings is 1. The summed E-state index contributed by atoms with van der Waals surface area (Å²) in [5.41, 5.74) is 4.15. The van der Waals surface area contributed by atoms with Gasteiger partial charge in [0.1, 0.15) is 0 Å². The van der Waals surface area contributed by atoms with Gasteiger partial charge in [0.05, 0.1) is 18.4 Å². The Kier molecular flexibility index (Phi) is 3.76. The number of methoxy groups -OCH3 is 1. The average Bonchev–Trinajstić information content (AvgIpc) is 2.46. The first-order valence-corrected chi connectivity index (χ1v) is 5.93. The number of rotatable bonds is 3. The van der Waals surface area contributed by atoms with Gasteiger partial charge in [-0.3, -0.25) is 4.98 Å². The first kappa shape index (κ1) is 13.0. The molecule has 0 radical (unpaired) electrons. The number of nitrogens with zero attached hydrogens (tertiary/aromatic N) is 1. The summed E-state index contributed by atoms with van der Waals surface area (Å²) in [6, 6.07) is 9.38. The molecule has 1 heterocycles. The zero-order valence-corrected chi connectivity index (χ0v) is 11.0. The van der Waals surface area contributed by atoms with E-state index in [1.54, 1.807) is 24.4 Å². The SMILES string of the molecule is C=Cc1cc(C(=O)OC)cc(-c2ccc(C)cn2)c1. The van der Waals surface area contributed by atoms with Gasteiger partial charge in [0, 0.05) is 11.8 Å². The zero-order valence-electron chi connectivity index (χ0n) is 11.0. The lowest BCUT2D eigenvalue weighted by Gasteiger charge is -2.06. The highest BCUT2D eigenvalue weighted by molar-refractivity contribution is 5.91. The fourth-order valence-electron chi connectivity index (χ4n) is 1.79. The highest BCUT2D eigenvalue weighted by atomic mass is 16.5. The van der Waals surface area contributed by atoms with Crippen LogP contribution in [0.25, 0.3) is 17.3 Å². The molecule has 1 aromatic heterocycles. The third kappa shape index (κ3) is 2.88. The minimum Gasteiger partial charge on any atom is -0.465 e. The lowest BCUT2D eigenvalue weighted by atomic mass is 10.0. The van der Waals surface area contributed by atoms with E-state index in [9.17, 15) is 4.79 Å². The highest BCUT2D eigenvalue weighted by Crippen LogP contribution is 2.22. The molecule has 0 saturated heterocycles. The van der Waals surface area contributed by atoms with Crippen LogP contribution in [0.3, 0.4) is 0 Å². The summed E-state index contributed by atoms with van der Waals surface area (Å²) in [7, 11) is 1.37. The summed E-state index contributed by atoms with van der Waals surface area (Å²) in [6.45, 7) is 5.72. The highest BCUT2D eigenvalue weighted by Gasteiger charge is 2.09. The van der Waals surface area contributed by atoms with Crippen molar-refractivity contribution < 1.29 is 9.53 Å². The summed E-state index contributed by atoms with van der Waals surface area (Å²) in [4.78, 5) is 16.0. The number of hydrogen-bond donors (Lipinski definition) is 0. The van der Waals surface area contributed by atoms with Gasteiger partial charge in [0.2, 0.25) is 0 Å². The van der Waals surface area contributed by atoms with Crippen LogP contribution in [-0.2, 0) is 4.74 Å². The lowest BCUT2D eigenvalue weighted by Crippen LogP contribution is -2.02. The van der Waals surface area contributed by atoms with E-state index in [0.717, 1.165) is 22.4 Å². The molecule has 0 aliphatic rings. The van der Waals surface area contributed by atoms with Crippen LogP contribution < -0.4 is 0 Å². The third-order valence-electron chi connectivity index (χ3n) is 2.82. The summed E-state index contributed by atoms with van der Waals surface area (Å²) < 4.78 is 4.75. The number of aryl methyl sites for hydroxylation is 1. The minimum atomic E-state index is -0.364. The van der Waals surface area contributed by atoms with Crippen LogP contribution >= 0.6 is 0 Å². The largest absolute Gasteiger partial charge is 0.465 e. The Hall–Kier alpha value is -2.42. The molecule has 0 bridgehead atoms. The average molecular weight is 253 g/mol. The van der Waals surface area contributed by atoms with E-state index >= 15 is 0 Å². The normalized spacial score (nSPS) is 10.0. The van der Waals surface area contributed by atoms with Crippen molar-refractivity contribution in [3.8, 4) is 11.3 Å². The van der Waals surface area contributed by atoms with Crippen molar-refractivity contribution in [2.45, 2.75) is 6.92 Å². The second-order valence-corrected chi connectivity index (χ2v) is 4.26. The Bertz CT molecular complexity index is 615. The molecule has 0 spiro atoms. The van der Waals surface area contributed by atoms with Gasteiger partial charge in [-0.05, 0) is 42.3 Å². The maximum absolute atomic E-state index is 11.6. The van der Waals surface area contributed by atoms with Crippen LogP contribution in [0.5, 0.6) is 0 Å². The van der Waals surface area contributed by atoms with Gasteiger partial charge in [-0.25, -0.2) is 4.79 Å². The molecule has 0 aliphatic heterocycles. The van der Waals surface area contributed by atoms with Gasteiger partial charge in [-0.1, -0.05) is 18.7 Å². The Morgan fingerprint density at radius 3 is 2.68 bits per heavy atom. The second-order valence-electron chi connectivity index (χ2n) is 4.26. The van der Waals surface area contributed by atoms with Crippen molar-refractivity contribution in [1.82, 2.24) is 4.98 Å². The molecular formula is C16H15NO2. The smallest absolute Gasteiger partial charge is 0.337 e. The number of carbonyl (C=O) groups is 1. The maximum atomic E-state index is 11.6. The molecule has 96 valence electrons. The van der Waals surface area contributed by atoms with Crippen molar-refractivity contribution >= 4 is 12.0 Å². The number of hydrogen-bond acceptors (Lipinski definition) is 3. The molecule has 3 nitrogen and oxygen atoms in total. The molecule has 0 amide bonds. The summed E-state index contributed by atoms with van der Waals surface area (Å²) in [5, 5.41) is 0. The quantitative estimate of drug-likeness (QED) is 0.786. The first-order valence-electron chi connectivity index (χ1n) is 5.93. The van der Waals surface area contributed by atoms with Gasteiger partial charge in [0.25, 0.3) is 0 Å². The van der Waals surface area contributed by atoms with Crippen molar-refractivity contribution in [3.63, 3.8) is 0 Å². The number of carbonyl (C=O) groups excluding carboxylic acids is 1. The fourth-order valence-corrected chi connectivity index (χ4v) is 1.79. The Labute approximate surface area is 112 Å². The van der Waals surface area contributed by atoms with Crippen LogP contribution in [0.15, 0.2) is 43.1 Å². The van der Waals surface area contributed by atoms with Crippen LogP contribution in [0.4, 0.5) is 0 Å². The van der Waals surface area contributed by atoms with Gasteiger partial charge in [0.15, 0.2) is 0 Å². The van der Waals surface area contributed by atoms with Crippen LogP contribution in [0, 0.1) is 6.92 Å². The molecule has 0 unspecified atom stereocenters. The molecule has 19 heavy (non-hydrogen) atoms. The van der Waals surface area contributed by atoms with Crippen LogP contribution in [0.1, 0.15) is 21.5 Å². The van der Waals surface area contributed by atoms with E-state index in [4.69, 9.17) is 4.74 Å². The van der Waals surface area contributed by atoms with Gasteiger partial charge < -0.3 is 4.74 Å². The van der Waals surface area contributed by atoms with Crippen molar-refractivity contribution in [1.29, 1.82) is 0 Å². The Balaban J connectivity index is 2.53. The van der Waals surface area contributed by atoms with Crippen molar-refractivity contribution in [2.75, 3.05) is 7.11 Å². The molecule has 0 saturated carbocycles. The van der Waals surface area contributed by atoms with Crippen molar-refractivity contribution in [2.24, 2.45) is 0 Å². The zero-order chi connectivity index (χ0) is 13.8. The molecule has 3 heteroatoms. The van der Waals surface area contributed by atoms with E-state index in [0.29, 0.717) is 5.56 Å². The molecule has 0 atom stereocenters. The van der Waals surface area contributed by atoms with Gasteiger partial charge in [-0.15, -0.1) is 0 Å². The topological polar surface area (TPSA) is 39.2 Å². The third-order valence-corrected chi connectivity index (χ3v) is 2.82. The van der Waals surface area contributed by atoms with E-state index in [2.05, 4.69) is 11.6 Å². The summed E-state index contributed by atoms with van der Waals surface area (Å²) >= 11 is 0. The second kappa shape index (κ2) is 5.48. The first-order chi connectivity index (χ1) is 9.13. The van der Waals surface area contributed by atoms with E-state index in [1.807, 2.05) is 25.1 Å². The number of aromatic nitrogens is 1. The molecule has 0 fully saturated rings. The maximum Gasteiger partial charge on any atom is 0.337 e. The van der Waals surface area contributed by atoms with Gasteiger partial charge >= 0.3 is 5.97 Å². The van der Waals surface area contributed by atoms with Gasteiger partial charge in [-0.2, -0.15) is 0 Å². The molecule has 2 aromatic rings. The fraction of sp³-hybridized carbons (Fsp3) is 0.125. The summed E-state index contributed by atoms with van der Waals surface area (Å²) in [5.74, 6) is -0.364. The lowest BCUT2D eigenvalue weighted by molar-refractivity contribution is 0.0601. The summed E-state index contributed by atoms with van der Waals surface area (Å²) in [6.07, 6.45) is 3.50. The van der Waals surface area contributed by atoms with Crippen LogP contribution in [-0.4, -0.2) is 18.1 Å². The number of pyridine rings is 1. The number of esters is 1. The Morgan fingerprint density at radius 1 is 1.32 bits per heavy atom. The molecule has 0 aliphatic carbocycles. The minimum absolute atomic E-state index is 0.364. The predicted octanol–water partition coefficient (Wildman–Crippen LogP) is 3.49. The predicted molar refractivity (Wildman–Crippen MR) is 75.8 cm³/mol. The number of ether oxygens (including phenoxy) is 1. The van der Waals surface area contributed by atoms with E-state index in [1.165, 1.54) is 7.11 Å². The molecule has 0 N–H and O–H groups in total. The standard InChI is InChI=1S/C16H15NO2/c1-4-12-7-13(9-14(8-12)16(18)19-3)15-6-5-11(2)10-17-15/h4-10H,1H2,2-3H3.